The first-order valence-corrected chi connectivity index (χ1v) is 13.5. The number of aliphatic hydroxyl groups is 1. The average molecular weight is 510 g/mol. The predicted molar refractivity (Wildman–Crippen MR) is 152 cm³/mol. The maximum Gasteiger partial charge on any atom is 0.243 e. The fourth-order valence-corrected chi connectivity index (χ4v) is 5.30. The van der Waals surface area contributed by atoms with Crippen molar-refractivity contribution in [1.82, 2.24) is 16.0 Å². The lowest BCUT2D eigenvalue weighted by Gasteiger charge is -2.26. The molecule has 1 heterocycles. The van der Waals surface area contributed by atoms with Gasteiger partial charge in [-0.15, -0.1) is 0 Å². The molecule has 0 aromatic heterocycles. The third-order valence-corrected chi connectivity index (χ3v) is 7.46. The van der Waals surface area contributed by atoms with Gasteiger partial charge >= 0.3 is 0 Å². The first kappa shape index (κ1) is 25.9. The van der Waals surface area contributed by atoms with Gasteiger partial charge in [-0.1, -0.05) is 84.9 Å². The van der Waals surface area contributed by atoms with Crippen LogP contribution in [-0.4, -0.2) is 48.7 Å². The van der Waals surface area contributed by atoms with Crippen LogP contribution in [0, 0.1) is 5.92 Å². The topological polar surface area (TPSA) is 90.5 Å². The second-order valence-electron chi connectivity index (χ2n) is 10.2. The van der Waals surface area contributed by atoms with Crippen LogP contribution in [0.2, 0.25) is 0 Å². The molecule has 0 radical (unpaired) electrons. The molecule has 2 amide bonds. The second kappa shape index (κ2) is 12.2. The Morgan fingerprint density at radius 1 is 0.763 bits per heavy atom. The molecule has 0 aliphatic carbocycles. The highest BCUT2D eigenvalue weighted by Crippen LogP contribution is 2.19. The molecule has 4 N–H and O–H groups in total. The predicted octanol–water partition coefficient (Wildman–Crippen LogP) is 3.74. The fourth-order valence-electron chi connectivity index (χ4n) is 5.30. The highest BCUT2D eigenvalue weighted by atomic mass is 16.3. The molecule has 2 atom stereocenters. The number of nitrogens with one attached hydrogen (secondary N) is 3. The van der Waals surface area contributed by atoms with E-state index in [9.17, 15) is 14.7 Å². The van der Waals surface area contributed by atoms with Gasteiger partial charge in [0.1, 0.15) is 6.04 Å². The molecule has 4 aromatic rings. The summed E-state index contributed by atoms with van der Waals surface area (Å²) in [6.07, 6.45) is 2.40. The van der Waals surface area contributed by atoms with E-state index in [1.54, 1.807) is 0 Å². The van der Waals surface area contributed by atoms with Crippen molar-refractivity contribution in [1.29, 1.82) is 0 Å². The van der Waals surface area contributed by atoms with E-state index >= 15 is 0 Å². The van der Waals surface area contributed by atoms with Crippen LogP contribution in [0.1, 0.15) is 24.0 Å². The molecule has 1 aliphatic rings. The summed E-state index contributed by atoms with van der Waals surface area (Å²) in [5.74, 6) is -0.461. The molecular formula is C32H35N3O3. The summed E-state index contributed by atoms with van der Waals surface area (Å²) in [4.78, 5) is 26.7. The number of hydrogen-bond donors (Lipinski definition) is 4. The normalized spacial score (nSPS) is 15.7. The van der Waals surface area contributed by atoms with E-state index in [-0.39, 0.29) is 24.3 Å². The Morgan fingerprint density at radius 3 is 1.89 bits per heavy atom. The van der Waals surface area contributed by atoms with E-state index in [2.05, 4.69) is 52.3 Å². The van der Waals surface area contributed by atoms with E-state index in [0.29, 0.717) is 12.8 Å². The standard InChI is InChI=1S/C32H35N3O3/c36-21-29(19-22-9-11-24-5-1-3-7-27(24)17-22)34-32(38)30(35-31(37)26-13-15-33-16-14-26)20-23-10-12-25-6-2-4-8-28(25)18-23/h1-12,17-18,26,29-30,33,36H,13-16,19-21H2,(H,34,38)(H,35,37)/t29?,30-/m1/s1. The maximum atomic E-state index is 13.6. The minimum Gasteiger partial charge on any atom is -0.394 e. The van der Waals surface area contributed by atoms with Gasteiger partial charge in [0.2, 0.25) is 11.8 Å². The van der Waals surface area contributed by atoms with Gasteiger partial charge in [-0.3, -0.25) is 9.59 Å². The van der Waals surface area contributed by atoms with Crippen molar-refractivity contribution in [2.75, 3.05) is 19.7 Å². The Labute approximate surface area is 223 Å². The second-order valence-corrected chi connectivity index (χ2v) is 10.2. The SMILES string of the molecule is O=C(N[C@H](Cc1ccc2ccccc2c1)C(=O)NC(CO)Cc1ccc2ccccc2c1)C1CCNCC1. The van der Waals surface area contributed by atoms with Crippen molar-refractivity contribution in [3.05, 3.63) is 96.1 Å². The van der Waals surface area contributed by atoms with Crippen molar-refractivity contribution in [3.63, 3.8) is 0 Å². The molecule has 6 nitrogen and oxygen atoms in total. The quantitative estimate of drug-likeness (QED) is 0.277. The highest BCUT2D eigenvalue weighted by molar-refractivity contribution is 5.89. The Hall–Kier alpha value is -3.74. The number of benzene rings is 4. The average Bonchev–Trinajstić information content (AvgIpc) is 2.96. The molecule has 1 saturated heterocycles. The van der Waals surface area contributed by atoms with Gasteiger partial charge in [-0.2, -0.15) is 0 Å². The van der Waals surface area contributed by atoms with Crippen LogP contribution in [0.4, 0.5) is 0 Å². The van der Waals surface area contributed by atoms with Crippen LogP contribution < -0.4 is 16.0 Å². The van der Waals surface area contributed by atoms with E-state index in [4.69, 9.17) is 0 Å². The summed E-state index contributed by atoms with van der Waals surface area (Å²) in [7, 11) is 0. The Bertz CT molecular complexity index is 1410. The molecule has 5 rings (SSSR count). The van der Waals surface area contributed by atoms with E-state index < -0.39 is 12.1 Å². The van der Waals surface area contributed by atoms with Gasteiger partial charge in [0.25, 0.3) is 0 Å². The zero-order chi connectivity index (χ0) is 26.3. The first-order chi connectivity index (χ1) is 18.6. The van der Waals surface area contributed by atoms with Gasteiger partial charge < -0.3 is 21.1 Å². The van der Waals surface area contributed by atoms with E-state index in [1.165, 1.54) is 0 Å². The van der Waals surface area contributed by atoms with Gasteiger partial charge in [0.15, 0.2) is 0 Å². The summed E-state index contributed by atoms with van der Waals surface area (Å²) in [5.41, 5.74) is 2.01. The summed E-state index contributed by atoms with van der Waals surface area (Å²) < 4.78 is 0. The highest BCUT2D eigenvalue weighted by Gasteiger charge is 2.28. The molecule has 1 fully saturated rings. The Kier molecular flexibility index (Phi) is 8.31. The smallest absolute Gasteiger partial charge is 0.243 e. The minimum atomic E-state index is -0.732. The number of fused-ring (bicyclic) bond motifs is 2. The number of amides is 2. The zero-order valence-electron chi connectivity index (χ0n) is 21.5. The maximum absolute atomic E-state index is 13.6. The third kappa shape index (κ3) is 6.39. The molecule has 196 valence electrons. The van der Waals surface area contributed by atoms with E-state index in [1.807, 2.05) is 48.5 Å². The van der Waals surface area contributed by atoms with Gasteiger partial charge in [0, 0.05) is 12.3 Å². The van der Waals surface area contributed by atoms with Gasteiger partial charge in [0.05, 0.1) is 12.6 Å². The van der Waals surface area contributed by atoms with Gasteiger partial charge in [-0.05, 0) is 65.0 Å². The number of rotatable bonds is 9. The zero-order valence-corrected chi connectivity index (χ0v) is 21.5. The molecule has 6 heteroatoms. The third-order valence-electron chi connectivity index (χ3n) is 7.46. The lowest BCUT2D eigenvalue weighted by atomic mass is 9.95. The van der Waals surface area contributed by atoms with Gasteiger partial charge in [-0.25, -0.2) is 0 Å². The van der Waals surface area contributed by atoms with Crippen molar-refractivity contribution >= 4 is 33.4 Å². The fraction of sp³-hybridized carbons (Fsp3) is 0.312. The molecule has 0 saturated carbocycles. The van der Waals surface area contributed by atoms with Crippen LogP contribution in [0.5, 0.6) is 0 Å². The number of aliphatic hydroxyl groups excluding tert-OH is 1. The molecule has 38 heavy (non-hydrogen) atoms. The van der Waals surface area contributed by atoms with Crippen LogP contribution in [0.15, 0.2) is 84.9 Å². The van der Waals surface area contributed by atoms with Crippen molar-refractivity contribution in [2.24, 2.45) is 5.92 Å². The van der Waals surface area contributed by atoms with Crippen molar-refractivity contribution in [3.8, 4) is 0 Å². The van der Waals surface area contributed by atoms with Crippen molar-refractivity contribution in [2.45, 2.75) is 37.8 Å². The lowest BCUT2D eigenvalue weighted by molar-refractivity contribution is -0.132. The molecule has 0 spiro atoms. The monoisotopic (exact) mass is 509 g/mol. The minimum absolute atomic E-state index is 0.0810. The summed E-state index contributed by atoms with van der Waals surface area (Å²) in [6.45, 7) is 1.42. The molecule has 4 aromatic carbocycles. The summed E-state index contributed by atoms with van der Waals surface area (Å²) in [6, 6.07) is 27.3. The summed E-state index contributed by atoms with van der Waals surface area (Å²) in [5, 5.41) is 24.0. The molecule has 1 unspecified atom stereocenters. The molecular weight excluding hydrogens is 474 g/mol. The number of carbonyl (C=O) groups excluding carboxylic acids is 2. The largest absolute Gasteiger partial charge is 0.394 e. The van der Waals surface area contributed by atoms with Crippen LogP contribution in [-0.2, 0) is 22.4 Å². The number of carbonyl (C=O) groups is 2. The molecule has 1 aliphatic heterocycles. The Balaban J connectivity index is 1.32. The number of hydrogen-bond acceptors (Lipinski definition) is 4. The van der Waals surface area contributed by atoms with Crippen molar-refractivity contribution < 1.29 is 14.7 Å². The number of piperidine rings is 1. The first-order valence-electron chi connectivity index (χ1n) is 13.5. The van der Waals surface area contributed by atoms with E-state index in [0.717, 1.165) is 58.6 Å². The molecule has 0 bridgehead atoms. The lowest BCUT2D eigenvalue weighted by Crippen LogP contribution is -2.53. The van der Waals surface area contributed by atoms with Crippen LogP contribution in [0.25, 0.3) is 21.5 Å². The Morgan fingerprint density at radius 2 is 1.32 bits per heavy atom. The summed E-state index contributed by atoms with van der Waals surface area (Å²) >= 11 is 0. The van der Waals surface area contributed by atoms with Crippen LogP contribution >= 0.6 is 0 Å². The van der Waals surface area contributed by atoms with Crippen LogP contribution in [0.3, 0.4) is 0 Å².